The molecule has 0 radical (unpaired) electrons. The molecule has 0 atom stereocenters. The van der Waals surface area contributed by atoms with Gasteiger partial charge < -0.3 is 25.0 Å². The summed E-state index contributed by atoms with van der Waals surface area (Å²) in [5, 5.41) is 13.3. The van der Waals surface area contributed by atoms with Gasteiger partial charge in [0, 0.05) is 71.8 Å². The number of carbonyl (C=O) groups is 3. The number of hydrogen-bond donors (Lipinski definition) is 2. The molecule has 0 aliphatic carbocycles. The Bertz CT molecular complexity index is 3760. The Morgan fingerprint density at radius 1 is 0.705 bits per heavy atom. The van der Waals surface area contributed by atoms with Crippen LogP contribution in [-0.4, -0.2) is 101 Å². The highest BCUT2D eigenvalue weighted by molar-refractivity contribution is 7.98. The number of aryl methyl sites for hydroxylation is 2. The summed E-state index contributed by atoms with van der Waals surface area (Å²) in [6.45, 7) is 13.8. The molecule has 1 fully saturated rings. The molecule has 1 aliphatic rings. The maximum absolute atomic E-state index is 15.2. The van der Waals surface area contributed by atoms with E-state index in [1.54, 1.807) is 43.3 Å². The summed E-state index contributed by atoms with van der Waals surface area (Å²) in [6, 6.07) is 21.8. The van der Waals surface area contributed by atoms with E-state index < -0.39 is 63.4 Å². The summed E-state index contributed by atoms with van der Waals surface area (Å²) in [7, 11) is 1.71. The van der Waals surface area contributed by atoms with E-state index in [1.165, 1.54) is 60.3 Å². The predicted octanol–water partition coefficient (Wildman–Crippen LogP) is 10.5. The Morgan fingerprint density at radius 2 is 1.18 bits per heavy atom. The van der Waals surface area contributed by atoms with E-state index in [-0.39, 0.29) is 46.0 Å². The smallest absolute Gasteiger partial charge is 0.410 e. The number of hydrogen-bond acceptors (Lipinski definition) is 12. The lowest BCUT2D eigenvalue weighted by Crippen LogP contribution is -2.47. The fourth-order valence-electron chi connectivity index (χ4n) is 8.99. The van der Waals surface area contributed by atoms with Crippen molar-refractivity contribution in [3.05, 3.63) is 163 Å². The number of amides is 2. The number of halogens is 4. The molecule has 4 aromatic carbocycles. The molecule has 2 amide bonds. The topological polar surface area (TPSA) is 195 Å². The summed E-state index contributed by atoms with van der Waals surface area (Å²) in [4.78, 5) is 85.3. The average molecular weight is 1090 g/mol. The van der Waals surface area contributed by atoms with Crippen LogP contribution in [-0.2, 0) is 4.74 Å². The van der Waals surface area contributed by atoms with Crippen LogP contribution in [0, 0.1) is 37.1 Å². The molecule has 9 rings (SSSR count). The molecule has 2 N–H and O–H groups in total. The first-order valence-corrected chi connectivity index (χ1v) is 26.0. The van der Waals surface area contributed by atoms with Crippen LogP contribution in [0.3, 0.4) is 0 Å². The van der Waals surface area contributed by atoms with Crippen LogP contribution < -0.4 is 21.3 Å². The number of para-hydroxylation sites is 2. The molecule has 0 bridgehead atoms. The van der Waals surface area contributed by atoms with Crippen molar-refractivity contribution in [2.75, 3.05) is 31.3 Å². The van der Waals surface area contributed by atoms with Gasteiger partial charge in [-0.25, -0.2) is 42.1 Å². The van der Waals surface area contributed by atoms with Crippen molar-refractivity contribution in [3.63, 3.8) is 0 Å². The molecule has 16 nitrogen and oxygen atoms in total. The number of aromatic nitrogens is 6. The Hall–Kier alpha value is -8.46. The molecule has 21 heteroatoms. The molecule has 8 aromatic rings. The van der Waals surface area contributed by atoms with E-state index >= 15 is 8.78 Å². The zero-order valence-corrected chi connectivity index (χ0v) is 44.9. The van der Waals surface area contributed by atoms with Crippen LogP contribution in [0.2, 0.25) is 0 Å². The number of benzene rings is 4. The largest absolute Gasteiger partial charge is 0.478 e. The average Bonchev–Trinajstić information content (AvgIpc) is 3.51. The van der Waals surface area contributed by atoms with Gasteiger partial charge in [0.2, 0.25) is 5.95 Å². The molecular weight excluding hydrogens is 1030 g/mol. The van der Waals surface area contributed by atoms with Crippen molar-refractivity contribution in [2.24, 2.45) is 0 Å². The van der Waals surface area contributed by atoms with Gasteiger partial charge in [-0.3, -0.25) is 23.5 Å². The second kappa shape index (κ2) is 22.6. The van der Waals surface area contributed by atoms with Crippen molar-refractivity contribution in [1.82, 2.24) is 39.3 Å². The predicted molar refractivity (Wildman–Crippen MR) is 291 cm³/mol. The molecule has 0 saturated carbocycles. The van der Waals surface area contributed by atoms with E-state index in [0.29, 0.717) is 64.8 Å². The minimum atomic E-state index is -1.10. The minimum absolute atomic E-state index is 0.0194. The molecule has 0 spiro atoms. The Kier molecular flexibility index (Phi) is 16.2. The van der Waals surface area contributed by atoms with Crippen LogP contribution in [0.15, 0.2) is 112 Å². The first-order chi connectivity index (χ1) is 37.0. The van der Waals surface area contributed by atoms with Crippen molar-refractivity contribution >= 4 is 57.7 Å². The number of pyridine rings is 2. The summed E-state index contributed by atoms with van der Waals surface area (Å²) < 4.78 is 66.8. The number of carboxylic acids is 1. The van der Waals surface area contributed by atoms with Crippen molar-refractivity contribution in [2.45, 2.75) is 84.1 Å². The lowest BCUT2D eigenvalue weighted by atomic mass is 9.99. The Morgan fingerprint density at radius 3 is 1.65 bits per heavy atom. The van der Waals surface area contributed by atoms with Gasteiger partial charge in [0.25, 0.3) is 17.0 Å². The van der Waals surface area contributed by atoms with Crippen molar-refractivity contribution in [3.8, 4) is 33.9 Å². The minimum Gasteiger partial charge on any atom is -0.478 e. The third kappa shape index (κ3) is 11.6. The van der Waals surface area contributed by atoms with Gasteiger partial charge in [-0.05, 0) is 139 Å². The van der Waals surface area contributed by atoms with E-state index in [2.05, 4.69) is 15.3 Å². The van der Waals surface area contributed by atoms with E-state index in [0.717, 1.165) is 44.5 Å². The molecule has 1 aliphatic heterocycles. The Balaban J connectivity index is 0.000000224. The van der Waals surface area contributed by atoms with Gasteiger partial charge in [-0.2, -0.15) is 4.98 Å². The van der Waals surface area contributed by atoms with Crippen LogP contribution in [0.4, 0.5) is 28.3 Å². The third-order valence-electron chi connectivity index (χ3n) is 12.9. The van der Waals surface area contributed by atoms with E-state index in [9.17, 15) is 37.9 Å². The van der Waals surface area contributed by atoms with Crippen molar-refractivity contribution in [1.29, 1.82) is 0 Å². The molecule has 0 unspecified atom stereocenters. The maximum atomic E-state index is 15.2. The number of aromatic carboxylic acids is 1. The number of piperidine rings is 1. The first-order valence-electron chi connectivity index (χ1n) is 24.7. The number of fused-ring (bicyclic) bond motifs is 2. The molecule has 5 heterocycles. The summed E-state index contributed by atoms with van der Waals surface area (Å²) in [6.07, 6.45) is 2.48. The lowest BCUT2D eigenvalue weighted by Gasteiger charge is -2.37. The molecule has 404 valence electrons. The fraction of sp³-hybridized carbons (Fsp3) is 0.281. The SMILES string of the molecule is CSc1nc(-c2cc(C(=O)O)ccc2C)c2ccc(=O)n(-c3c(F)cccc3F)c2n1.Cc1ccc(C(=O)NC(C)C)cc1-c1nc(N2CCC(N(C)C(=O)OC(C)(C)C)CC2)nc2c1ccc(=O)n2-c1c(F)cccc1F. The standard InChI is InChI=1S/C35H40F2N6O4.C22H15F2N3O3S/c1-20(2)38-32(45)22-12-11-21(3)25(19-22)29-24-13-14-28(44)43(30-26(36)9-8-10-27(30)37)31(24)40-33(39-29)42-17-15-23(16-18-42)41(7)34(46)47-35(4,5)6;1-11-6-7-12(21(29)30)10-14(11)18-13-8-9-17(28)27(20(13)26-22(25-18)31-2)19-15(23)4-3-5-16(19)24/h8-14,19-20,23H,15-18H2,1-7H3,(H,38,45);3-10H,1-2H3,(H,29,30). The van der Waals surface area contributed by atoms with Gasteiger partial charge in [0.05, 0.1) is 17.0 Å². The number of rotatable bonds is 10. The zero-order chi connectivity index (χ0) is 56.5. The van der Waals surface area contributed by atoms with Crippen LogP contribution >= 0.6 is 11.8 Å². The van der Waals surface area contributed by atoms with E-state index in [1.807, 2.05) is 52.5 Å². The monoisotopic (exact) mass is 1090 g/mol. The van der Waals surface area contributed by atoms with Crippen LogP contribution in [0.5, 0.6) is 0 Å². The summed E-state index contributed by atoms with van der Waals surface area (Å²) in [5.74, 6) is -4.78. The quantitative estimate of drug-likeness (QED) is 0.0747. The lowest BCUT2D eigenvalue weighted by molar-refractivity contribution is 0.0200. The van der Waals surface area contributed by atoms with Crippen LogP contribution in [0.1, 0.15) is 79.3 Å². The first kappa shape index (κ1) is 55.8. The number of nitrogens with one attached hydrogen (secondary N) is 1. The Labute approximate surface area is 449 Å². The molecule has 78 heavy (non-hydrogen) atoms. The highest BCUT2D eigenvalue weighted by Crippen LogP contribution is 2.35. The van der Waals surface area contributed by atoms with Gasteiger partial charge in [0.1, 0.15) is 40.2 Å². The van der Waals surface area contributed by atoms with Gasteiger partial charge in [-0.15, -0.1) is 0 Å². The fourth-order valence-corrected chi connectivity index (χ4v) is 9.35. The highest BCUT2D eigenvalue weighted by Gasteiger charge is 2.31. The number of carbonyl (C=O) groups excluding carboxylic acids is 2. The second-order valence-corrected chi connectivity index (χ2v) is 20.6. The third-order valence-corrected chi connectivity index (χ3v) is 13.4. The maximum Gasteiger partial charge on any atom is 0.410 e. The second-order valence-electron chi connectivity index (χ2n) is 19.9. The van der Waals surface area contributed by atoms with Gasteiger partial charge >= 0.3 is 12.1 Å². The number of anilines is 1. The zero-order valence-electron chi connectivity index (χ0n) is 44.1. The molecule has 4 aromatic heterocycles. The van der Waals surface area contributed by atoms with Gasteiger partial charge in [0.15, 0.2) is 16.5 Å². The molecule has 1 saturated heterocycles. The summed E-state index contributed by atoms with van der Waals surface area (Å²) in [5.41, 5.74) is 0.896. The summed E-state index contributed by atoms with van der Waals surface area (Å²) >= 11 is 1.19. The number of nitrogens with zero attached hydrogens (tertiary/aromatic N) is 8. The number of carboxylic acid groups (broad SMARTS) is 1. The number of thioether (sulfide) groups is 1. The van der Waals surface area contributed by atoms with Gasteiger partial charge in [-0.1, -0.05) is 36.0 Å². The number of ether oxygens (including phenoxy) is 1. The normalized spacial score (nSPS) is 12.9. The van der Waals surface area contributed by atoms with Crippen LogP contribution in [0.25, 0.3) is 56.0 Å². The highest BCUT2D eigenvalue weighted by atomic mass is 32.2. The molecular formula is C57H55F4N9O7S. The van der Waals surface area contributed by atoms with Crippen molar-refractivity contribution < 1.29 is 41.8 Å². The van der Waals surface area contributed by atoms with E-state index in [4.69, 9.17) is 14.7 Å².